The highest BCUT2D eigenvalue weighted by atomic mass is 16.4. The molecule has 2 fully saturated rings. The molecule has 2 rings (SSSR count). The summed E-state index contributed by atoms with van der Waals surface area (Å²) in [6, 6.07) is 0. The number of carboxylic acids is 1. The van der Waals surface area contributed by atoms with E-state index in [0.29, 0.717) is 11.8 Å². The van der Waals surface area contributed by atoms with Crippen LogP contribution in [0.5, 0.6) is 0 Å². The Kier molecular flexibility index (Phi) is 5.10. The minimum absolute atomic E-state index is 0.0576. The van der Waals surface area contributed by atoms with Gasteiger partial charge in [0.1, 0.15) is 0 Å². The third-order valence-corrected chi connectivity index (χ3v) is 6.75. The highest BCUT2D eigenvalue weighted by Gasteiger charge is 2.55. The number of aliphatic hydroxyl groups is 1. The predicted octanol–water partition coefficient (Wildman–Crippen LogP) is 4.57. The Morgan fingerprint density at radius 1 is 1.35 bits per heavy atom. The van der Waals surface area contributed by atoms with Crippen LogP contribution in [0.25, 0.3) is 0 Å². The van der Waals surface area contributed by atoms with Crippen molar-refractivity contribution in [3.05, 3.63) is 23.8 Å². The van der Waals surface area contributed by atoms with Gasteiger partial charge >= 0.3 is 5.97 Å². The zero-order chi connectivity index (χ0) is 17.4. The molecule has 0 aromatic rings. The zero-order valence-electron chi connectivity index (χ0n) is 15.1. The third-order valence-electron chi connectivity index (χ3n) is 6.75. The van der Waals surface area contributed by atoms with Crippen LogP contribution in [-0.4, -0.2) is 22.3 Å². The van der Waals surface area contributed by atoms with E-state index < -0.39 is 5.97 Å². The van der Waals surface area contributed by atoms with Crippen molar-refractivity contribution in [2.75, 3.05) is 0 Å². The standard InChI is InChI=1S/C20H32O3/c1-13(12-18(22)23)6-8-15-14(2)7-9-16-19(3,4)17(21)10-11-20(15,16)5/h12,15-17,21H,2,6-11H2,1,3-5H3,(H,22,23)/t15?,16?,17?,20-/m1/s1. The van der Waals surface area contributed by atoms with Crippen LogP contribution < -0.4 is 0 Å². The van der Waals surface area contributed by atoms with E-state index in [4.69, 9.17) is 5.11 Å². The zero-order valence-corrected chi connectivity index (χ0v) is 15.1. The van der Waals surface area contributed by atoms with Crippen LogP contribution in [-0.2, 0) is 4.79 Å². The van der Waals surface area contributed by atoms with Gasteiger partial charge in [0.05, 0.1) is 6.10 Å². The minimum Gasteiger partial charge on any atom is -0.478 e. The summed E-state index contributed by atoms with van der Waals surface area (Å²) < 4.78 is 0. The molecule has 3 unspecified atom stereocenters. The monoisotopic (exact) mass is 320 g/mol. The first kappa shape index (κ1) is 18.3. The van der Waals surface area contributed by atoms with Crippen LogP contribution in [0.1, 0.15) is 66.2 Å². The molecule has 0 bridgehead atoms. The molecular weight excluding hydrogens is 288 g/mol. The summed E-state index contributed by atoms with van der Waals surface area (Å²) in [7, 11) is 0. The number of allylic oxidation sites excluding steroid dienone is 2. The summed E-state index contributed by atoms with van der Waals surface area (Å²) in [4.78, 5) is 10.8. The summed E-state index contributed by atoms with van der Waals surface area (Å²) in [5, 5.41) is 19.3. The van der Waals surface area contributed by atoms with Crippen molar-refractivity contribution in [1.82, 2.24) is 0 Å². The van der Waals surface area contributed by atoms with Gasteiger partial charge in [-0.1, -0.05) is 38.5 Å². The lowest BCUT2D eigenvalue weighted by Crippen LogP contribution is -2.54. The Hall–Kier alpha value is -1.09. The molecule has 0 aromatic carbocycles. The molecule has 3 heteroatoms. The van der Waals surface area contributed by atoms with Gasteiger partial charge in [-0.15, -0.1) is 0 Å². The van der Waals surface area contributed by atoms with E-state index in [0.717, 1.165) is 44.1 Å². The van der Waals surface area contributed by atoms with E-state index in [2.05, 4.69) is 27.4 Å². The Labute approximate surface area is 140 Å². The number of aliphatic carboxylic acids is 1. The molecule has 2 N–H and O–H groups in total. The van der Waals surface area contributed by atoms with E-state index in [-0.39, 0.29) is 16.9 Å². The van der Waals surface area contributed by atoms with Crippen LogP contribution in [0, 0.1) is 22.7 Å². The number of hydrogen-bond donors (Lipinski definition) is 2. The largest absolute Gasteiger partial charge is 0.478 e. The molecule has 2 aliphatic carbocycles. The van der Waals surface area contributed by atoms with Gasteiger partial charge in [-0.25, -0.2) is 4.79 Å². The molecule has 0 amide bonds. The first-order valence-corrected chi connectivity index (χ1v) is 8.85. The summed E-state index contributed by atoms with van der Waals surface area (Å²) in [6.07, 6.45) is 6.90. The van der Waals surface area contributed by atoms with E-state index >= 15 is 0 Å². The Morgan fingerprint density at radius 2 is 2.00 bits per heavy atom. The number of rotatable bonds is 4. The molecule has 130 valence electrons. The number of aliphatic hydroxyl groups excluding tert-OH is 1. The highest BCUT2D eigenvalue weighted by molar-refractivity contribution is 5.80. The molecule has 0 aliphatic heterocycles. The number of hydrogen-bond acceptors (Lipinski definition) is 2. The Morgan fingerprint density at radius 3 is 2.61 bits per heavy atom. The first-order chi connectivity index (χ1) is 10.6. The van der Waals surface area contributed by atoms with Crippen molar-refractivity contribution < 1.29 is 15.0 Å². The highest BCUT2D eigenvalue weighted by Crippen LogP contribution is 2.61. The van der Waals surface area contributed by atoms with Crippen LogP contribution in [0.2, 0.25) is 0 Å². The van der Waals surface area contributed by atoms with Crippen LogP contribution in [0.4, 0.5) is 0 Å². The molecule has 0 aromatic heterocycles. The SMILES string of the molecule is C=C1CCC2C(C)(C)C(O)CC[C@]2(C)C1CCC(C)=CC(=O)O. The molecule has 4 atom stereocenters. The summed E-state index contributed by atoms with van der Waals surface area (Å²) >= 11 is 0. The van der Waals surface area contributed by atoms with Gasteiger partial charge in [0, 0.05) is 6.08 Å². The van der Waals surface area contributed by atoms with Crippen molar-refractivity contribution in [2.45, 2.75) is 72.3 Å². The van der Waals surface area contributed by atoms with Gasteiger partial charge < -0.3 is 10.2 Å². The molecule has 2 saturated carbocycles. The van der Waals surface area contributed by atoms with Crippen molar-refractivity contribution in [1.29, 1.82) is 0 Å². The molecule has 3 nitrogen and oxygen atoms in total. The Bertz CT molecular complexity index is 517. The molecular formula is C20H32O3. The van der Waals surface area contributed by atoms with Gasteiger partial charge in [0.25, 0.3) is 0 Å². The van der Waals surface area contributed by atoms with E-state index in [1.807, 2.05) is 6.92 Å². The topological polar surface area (TPSA) is 57.5 Å². The third kappa shape index (κ3) is 3.40. The molecule has 0 heterocycles. The van der Waals surface area contributed by atoms with Crippen LogP contribution >= 0.6 is 0 Å². The van der Waals surface area contributed by atoms with E-state index in [1.165, 1.54) is 11.6 Å². The Balaban J connectivity index is 2.21. The fourth-order valence-corrected chi connectivity index (χ4v) is 5.35. The molecule has 0 saturated heterocycles. The van der Waals surface area contributed by atoms with E-state index in [1.54, 1.807) is 0 Å². The molecule has 0 spiro atoms. The van der Waals surface area contributed by atoms with Gasteiger partial charge in [0.2, 0.25) is 0 Å². The van der Waals surface area contributed by atoms with Crippen molar-refractivity contribution in [3.8, 4) is 0 Å². The fraction of sp³-hybridized carbons (Fsp3) is 0.750. The summed E-state index contributed by atoms with van der Waals surface area (Å²) in [5.74, 6) is 0.0548. The minimum atomic E-state index is -0.865. The lowest BCUT2D eigenvalue weighted by atomic mass is 9.46. The quantitative estimate of drug-likeness (QED) is 0.589. The second kappa shape index (κ2) is 6.43. The fourth-order valence-electron chi connectivity index (χ4n) is 5.35. The lowest BCUT2D eigenvalue weighted by Gasteiger charge is -2.59. The smallest absolute Gasteiger partial charge is 0.328 e. The first-order valence-electron chi connectivity index (χ1n) is 8.85. The second-order valence-electron chi connectivity index (χ2n) is 8.55. The van der Waals surface area contributed by atoms with E-state index in [9.17, 15) is 9.90 Å². The maximum atomic E-state index is 10.8. The van der Waals surface area contributed by atoms with Crippen molar-refractivity contribution in [3.63, 3.8) is 0 Å². The number of fused-ring (bicyclic) bond motifs is 1. The van der Waals surface area contributed by atoms with Crippen LogP contribution in [0.15, 0.2) is 23.8 Å². The second-order valence-corrected chi connectivity index (χ2v) is 8.55. The lowest BCUT2D eigenvalue weighted by molar-refractivity contribution is -0.131. The predicted molar refractivity (Wildman–Crippen MR) is 93.1 cm³/mol. The maximum Gasteiger partial charge on any atom is 0.328 e. The number of carbonyl (C=O) groups is 1. The average Bonchev–Trinajstić information content (AvgIpc) is 2.42. The average molecular weight is 320 g/mol. The van der Waals surface area contributed by atoms with Crippen molar-refractivity contribution >= 4 is 5.97 Å². The normalized spacial score (nSPS) is 37.3. The van der Waals surface area contributed by atoms with Crippen molar-refractivity contribution in [2.24, 2.45) is 22.7 Å². The molecule has 0 radical (unpaired) electrons. The summed E-state index contributed by atoms with van der Waals surface area (Å²) in [5.41, 5.74) is 2.35. The van der Waals surface area contributed by atoms with Gasteiger partial charge in [-0.2, -0.15) is 0 Å². The van der Waals surface area contributed by atoms with Gasteiger partial charge in [0.15, 0.2) is 0 Å². The molecule has 2 aliphatic rings. The molecule has 23 heavy (non-hydrogen) atoms. The summed E-state index contributed by atoms with van der Waals surface area (Å²) in [6.45, 7) is 13.0. The van der Waals surface area contributed by atoms with Crippen LogP contribution in [0.3, 0.4) is 0 Å². The maximum absolute atomic E-state index is 10.8. The van der Waals surface area contributed by atoms with Gasteiger partial charge in [-0.3, -0.25) is 0 Å². The number of carboxylic acid groups (broad SMARTS) is 1. The van der Waals surface area contributed by atoms with Gasteiger partial charge in [-0.05, 0) is 68.1 Å².